The summed E-state index contributed by atoms with van der Waals surface area (Å²) in [6.07, 6.45) is 0. The number of nitriles is 1. The quantitative estimate of drug-likeness (QED) is 0.937. The molecule has 1 N–H and O–H groups in total. The first kappa shape index (κ1) is 14.4. The number of benzene rings is 1. The number of amides is 1. The van der Waals surface area contributed by atoms with Gasteiger partial charge in [0.2, 0.25) is 0 Å². The largest absolute Gasteiger partial charge is 0.495 e. The van der Waals surface area contributed by atoms with E-state index >= 15 is 0 Å². The van der Waals surface area contributed by atoms with Crippen LogP contribution in [0.15, 0.2) is 23.6 Å². The Morgan fingerprint density at radius 2 is 2.25 bits per heavy atom. The Balaban J connectivity index is 2.28. The molecule has 1 aromatic heterocycles. The molecular formula is C14H11ClN2O2S. The second-order valence-electron chi connectivity index (χ2n) is 4.04. The van der Waals surface area contributed by atoms with E-state index in [0.717, 1.165) is 5.56 Å². The van der Waals surface area contributed by atoms with Gasteiger partial charge >= 0.3 is 0 Å². The third-order valence-electron chi connectivity index (χ3n) is 2.68. The lowest BCUT2D eigenvalue weighted by Crippen LogP contribution is -2.11. The van der Waals surface area contributed by atoms with Crippen LogP contribution in [-0.2, 0) is 0 Å². The van der Waals surface area contributed by atoms with Crippen molar-refractivity contribution in [3.8, 4) is 11.8 Å². The number of nitrogens with one attached hydrogen (secondary N) is 1. The van der Waals surface area contributed by atoms with Crippen molar-refractivity contribution >= 4 is 34.5 Å². The van der Waals surface area contributed by atoms with Gasteiger partial charge in [0.15, 0.2) is 0 Å². The standard InChI is InChI=1S/C14H11ClN2O2S/c1-8-7-20-13(12(8)15)14(18)17-10-4-3-9(6-16)5-11(10)19-2/h3-5,7H,1-2H3,(H,17,18). The Morgan fingerprint density at radius 1 is 1.50 bits per heavy atom. The van der Waals surface area contributed by atoms with E-state index < -0.39 is 0 Å². The average molecular weight is 307 g/mol. The third kappa shape index (κ3) is 2.77. The maximum absolute atomic E-state index is 12.2. The fourth-order valence-corrected chi connectivity index (χ4v) is 2.80. The summed E-state index contributed by atoms with van der Waals surface area (Å²) in [7, 11) is 1.48. The molecule has 0 aliphatic carbocycles. The summed E-state index contributed by atoms with van der Waals surface area (Å²) in [5, 5.41) is 13.9. The van der Waals surface area contributed by atoms with Crippen molar-refractivity contribution in [3.63, 3.8) is 0 Å². The number of hydrogen-bond acceptors (Lipinski definition) is 4. The smallest absolute Gasteiger partial charge is 0.267 e. The fraction of sp³-hybridized carbons (Fsp3) is 0.143. The van der Waals surface area contributed by atoms with Gasteiger partial charge in [0.05, 0.1) is 29.5 Å². The number of ether oxygens (including phenoxy) is 1. The number of aryl methyl sites for hydroxylation is 1. The van der Waals surface area contributed by atoms with Crippen LogP contribution in [0.25, 0.3) is 0 Å². The molecule has 0 saturated carbocycles. The molecule has 0 bridgehead atoms. The van der Waals surface area contributed by atoms with Gasteiger partial charge in [-0.1, -0.05) is 11.6 Å². The molecule has 0 fully saturated rings. The number of nitrogens with zero attached hydrogens (tertiary/aromatic N) is 1. The molecule has 4 nitrogen and oxygen atoms in total. The van der Waals surface area contributed by atoms with Crippen LogP contribution in [0.1, 0.15) is 20.8 Å². The van der Waals surface area contributed by atoms with Crippen molar-refractivity contribution in [3.05, 3.63) is 44.6 Å². The summed E-state index contributed by atoms with van der Waals surface area (Å²) < 4.78 is 5.16. The van der Waals surface area contributed by atoms with Gasteiger partial charge in [-0.25, -0.2) is 0 Å². The molecule has 1 heterocycles. The van der Waals surface area contributed by atoms with Crippen molar-refractivity contribution in [2.75, 3.05) is 12.4 Å². The maximum atomic E-state index is 12.2. The monoisotopic (exact) mass is 306 g/mol. The average Bonchev–Trinajstić information content (AvgIpc) is 2.79. The van der Waals surface area contributed by atoms with E-state index in [1.807, 2.05) is 18.4 Å². The van der Waals surface area contributed by atoms with E-state index in [-0.39, 0.29) is 5.91 Å². The molecule has 1 amide bonds. The minimum absolute atomic E-state index is 0.295. The van der Waals surface area contributed by atoms with Crippen LogP contribution < -0.4 is 10.1 Å². The predicted octanol–water partition coefficient (Wildman–Crippen LogP) is 3.84. The lowest BCUT2D eigenvalue weighted by molar-refractivity contribution is 0.103. The lowest BCUT2D eigenvalue weighted by atomic mass is 10.2. The number of methoxy groups -OCH3 is 1. The van der Waals surface area contributed by atoms with Crippen LogP contribution in [0, 0.1) is 18.3 Å². The molecule has 6 heteroatoms. The Bertz CT molecular complexity index is 704. The number of anilines is 1. The Labute approximate surface area is 125 Å². The van der Waals surface area contributed by atoms with Gasteiger partial charge in [-0.15, -0.1) is 11.3 Å². The van der Waals surface area contributed by atoms with Gasteiger partial charge < -0.3 is 10.1 Å². The molecular weight excluding hydrogens is 296 g/mol. The summed E-state index contributed by atoms with van der Waals surface area (Å²) in [5.41, 5.74) is 1.83. The Hall–Kier alpha value is -2.03. The predicted molar refractivity (Wildman–Crippen MR) is 79.7 cm³/mol. The highest BCUT2D eigenvalue weighted by Crippen LogP contribution is 2.30. The maximum Gasteiger partial charge on any atom is 0.267 e. The lowest BCUT2D eigenvalue weighted by Gasteiger charge is -2.09. The summed E-state index contributed by atoms with van der Waals surface area (Å²) in [6.45, 7) is 1.85. The second kappa shape index (κ2) is 5.95. The second-order valence-corrected chi connectivity index (χ2v) is 5.30. The normalized spacial score (nSPS) is 9.90. The van der Waals surface area contributed by atoms with Gasteiger partial charge in [-0.05, 0) is 30.0 Å². The molecule has 0 radical (unpaired) electrons. The highest BCUT2D eigenvalue weighted by Gasteiger charge is 2.16. The van der Waals surface area contributed by atoms with Crippen LogP contribution in [-0.4, -0.2) is 13.0 Å². The molecule has 0 aliphatic rings. The Kier molecular flexibility index (Phi) is 4.28. The Morgan fingerprint density at radius 3 is 2.80 bits per heavy atom. The first-order chi connectivity index (χ1) is 9.56. The van der Waals surface area contributed by atoms with Gasteiger partial charge in [-0.2, -0.15) is 5.26 Å². The van der Waals surface area contributed by atoms with Crippen LogP contribution >= 0.6 is 22.9 Å². The van der Waals surface area contributed by atoms with E-state index in [9.17, 15) is 4.79 Å². The third-order valence-corrected chi connectivity index (χ3v) is 4.38. The van der Waals surface area contributed by atoms with Crippen LogP contribution in [0.5, 0.6) is 5.75 Å². The molecule has 2 aromatic rings. The summed E-state index contributed by atoms with van der Waals surface area (Å²) in [6, 6.07) is 6.82. The molecule has 0 atom stereocenters. The number of halogens is 1. The number of hydrogen-bond donors (Lipinski definition) is 1. The first-order valence-electron chi connectivity index (χ1n) is 5.70. The van der Waals surface area contributed by atoms with Crippen LogP contribution in [0.2, 0.25) is 5.02 Å². The molecule has 1 aromatic carbocycles. The summed E-state index contributed by atoms with van der Waals surface area (Å²) in [4.78, 5) is 12.6. The van der Waals surface area contributed by atoms with Crippen molar-refractivity contribution in [2.45, 2.75) is 6.92 Å². The molecule has 2 rings (SSSR count). The summed E-state index contributed by atoms with van der Waals surface area (Å²) in [5.74, 6) is 0.137. The molecule has 0 unspecified atom stereocenters. The van der Waals surface area contributed by atoms with E-state index in [0.29, 0.717) is 26.9 Å². The molecule has 102 valence electrons. The van der Waals surface area contributed by atoms with Crippen molar-refractivity contribution in [1.82, 2.24) is 0 Å². The zero-order chi connectivity index (χ0) is 14.7. The minimum Gasteiger partial charge on any atom is -0.495 e. The first-order valence-corrected chi connectivity index (χ1v) is 6.95. The minimum atomic E-state index is -0.295. The van der Waals surface area contributed by atoms with Crippen molar-refractivity contribution < 1.29 is 9.53 Å². The fourth-order valence-electron chi connectivity index (χ4n) is 1.63. The molecule has 0 saturated heterocycles. The van der Waals surface area contributed by atoms with Crippen LogP contribution in [0.4, 0.5) is 5.69 Å². The van der Waals surface area contributed by atoms with Crippen molar-refractivity contribution in [1.29, 1.82) is 5.26 Å². The summed E-state index contributed by atoms with van der Waals surface area (Å²) >= 11 is 7.35. The zero-order valence-corrected chi connectivity index (χ0v) is 12.4. The van der Waals surface area contributed by atoms with Crippen LogP contribution in [0.3, 0.4) is 0 Å². The molecule has 20 heavy (non-hydrogen) atoms. The number of carbonyl (C=O) groups is 1. The SMILES string of the molecule is COc1cc(C#N)ccc1NC(=O)c1scc(C)c1Cl. The van der Waals surface area contributed by atoms with Gasteiger partial charge in [0.25, 0.3) is 5.91 Å². The van der Waals surface area contributed by atoms with E-state index in [4.69, 9.17) is 21.6 Å². The zero-order valence-electron chi connectivity index (χ0n) is 10.9. The number of carbonyl (C=O) groups excluding carboxylic acids is 1. The number of rotatable bonds is 3. The van der Waals surface area contributed by atoms with Gasteiger partial charge in [0, 0.05) is 6.07 Å². The van der Waals surface area contributed by atoms with Gasteiger partial charge in [0.1, 0.15) is 10.6 Å². The molecule has 0 aliphatic heterocycles. The van der Waals surface area contributed by atoms with E-state index in [1.54, 1.807) is 18.2 Å². The van der Waals surface area contributed by atoms with Crippen molar-refractivity contribution in [2.24, 2.45) is 0 Å². The number of thiophene rings is 1. The highest BCUT2D eigenvalue weighted by atomic mass is 35.5. The van der Waals surface area contributed by atoms with Gasteiger partial charge in [-0.3, -0.25) is 4.79 Å². The molecule has 0 spiro atoms. The van der Waals surface area contributed by atoms with E-state index in [1.165, 1.54) is 18.4 Å². The highest BCUT2D eigenvalue weighted by molar-refractivity contribution is 7.13. The van der Waals surface area contributed by atoms with E-state index in [2.05, 4.69) is 5.32 Å². The topological polar surface area (TPSA) is 62.1 Å².